The number of aromatic nitrogens is 1. The summed E-state index contributed by atoms with van der Waals surface area (Å²) < 4.78 is 39.1. The number of hydrogen-bond acceptors (Lipinski definition) is 10. The second-order valence-electron chi connectivity index (χ2n) is 16.2. The number of allylic oxidation sites excluding steroid dienone is 2. The molecule has 1 N–H and O–H groups in total. The standard InChI is InChI=1S/C33H40N2O9.C10H16/c1-38-19-7-8-20-21-9-10-35-16-18-13-27(44-32(36)17-11-25(39-2)30(41-4)26(12-17)40-3)31(42-5)28(33(37)43-6)22(18)15-24(35)29(21)34-23(20)14-19;1-7-4-5-8-6-9(7)10(8,2)3/h7-8,11-12,14,18,22,24,27-28,31,34H,9-10,13,15-16H2,1-6H3;4,8-9H,5-6H2,1-3H3/t18-,22+,24-,27-,28+,31+;/m1./s1. The zero-order valence-electron chi connectivity index (χ0n) is 33.2. The van der Waals surface area contributed by atoms with Gasteiger partial charge in [-0.3, -0.25) is 9.69 Å². The lowest BCUT2D eigenvalue weighted by Gasteiger charge is -2.56. The van der Waals surface area contributed by atoms with Gasteiger partial charge < -0.3 is 38.1 Å². The first-order chi connectivity index (χ1) is 26.0. The van der Waals surface area contributed by atoms with Crippen LogP contribution in [0.1, 0.15) is 74.1 Å². The number of benzene rings is 2. The minimum absolute atomic E-state index is 0.0170. The summed E-state index contributed by atoms with van der Waals surface area (Å²) in [7, 11) is 9.10. The largest absolute Gasteiger partial charge is 0.497 e. The zero-order chi connectivity index (χ0) is 38.5. The molecule has 0 spiro atoms. The second-order valence-corrected chi connectivity index (χ2v) is 16.2. The first-order valence-electron chi connectivity index (χ1n) is 19.2. The van der Waals surface area contributed by atoms with Crippen LogP contribution in [0.3, 0.4) is 0 Å². The van der Waals surface area contributed by atoms with Gasteiger partial charge in [0.1, 0.15) is 18.0 Å². The van der Waals surface area contributed by atoms with Crippen molar-refractivity contribution < 1.29 is 42.7 Å². The minimum Gasteiger partial charge on any atom is -0.497 e. The molecule has 2 aliphatic heterocycles. The molecule has 292 valence electrons. The lowest BCUT2D eigenvalue weighted by Crippen LogP contribution is -2.58. The Morgan fingerprint density at radius 3 is 2.22 bits per heavy atom. The fourth-order valence-electron chi connectivity index (χ4n) is 10.4. The number of aromatic amines is 1. The van der Waals surface area contributed by atoms with E-state index in [1.807, 2.05) is 12.1 Å². The zero-order valence-corrected chi connectivity index (χ0v) is 33.2. The number of esters is 2. The molecule has 3 fully saturated rings. The topological polar surface area (TPSA) is 118 Å². The quantitative estimate of drug-likeness (QED) is 0.188. The summed E-state index contributed by atoms with van der Waals surface area (Å²) in [4.78, 5) is 33.1. The first-order valence-corrected chi connectivity index (χ1v) is 19.2. The van der Waals surface area contributed by atoms with E-state index in [-0.39, 0.29) is 29.4 Å². The Balaban J connectivity index is 0.000000386. The monoisotopic (exact) mass is 744 g/mol. The number of carbonyl (C=O) groups excluding carboxylic acids is 2. The van der Waals surface area contributed by atoms with Crippen LogP contribution in [-0.4, -0.2) is 89.8 Å². The lowest BCUT2D eigenvalue weighted by molar-refractivity contribution is -0.176. The van der Waals surface area contributed by atoms with Crippen molar-refractivity contribution >= 4 is 22.8 Å². The Morgan fingerprint density at radius 2 is 1.65 bits per heavy atom. The summed E-state index contributed by atoms with van der Waals surface area (Å²) in [6, 6.07) is 9.40. The van der Waals surface area contributed by atoms with Gasteiger partial charge >= 0.3 is 11.9 Å². The van der Waals surface area contributed by atoms with E-state index >= 15 is 0 Å². The predicted octanol–water partition coefficient (Wildman–Crippen LogP) is 7.17. The Bertz CT molecular complexity index is 1890. The number of nitrogens with zero attached hydrogens (tertiary/aromatic N) is 1. The van der Waals surface area contributed by atoms with E-state index in [0.29, 0.717) is 29.1 Å². The summed E-state index contributed by atoms with van der Waals surface area (Å²) in [5.41, 5.74) is 6.11. The Kier molecular flexibility index (Phi) is 10.7. The van der Waals surface area contributed by atoms with Crippen molar-refractivity contribution in [2.45, 2.75) is 71.1 Å². The van der Waals surface area contributed by atoms with Crippen molar-refractivity contribution in [3.8, 4) is 23.0 Å². The number of H-pyrrole nitrogens is 1. The molecule has 8 atom stereocenters. The van der Waals surface area contributed by atoms with Crippen molar-refractivity contribution in [2.75, 3.05) is 55.7 Å². The van der Waals surface area contributed by atoms with E-state index in [9.17, 15) is 9.59 Å². The number of carbonyl (C=O) groups is 2. The predicted molar refractivity (Wildman–Crippen MR) is 204 cm³/mol. The minimum atomic E-state index is -0.670. The van der Waals surface area contributed by atoms with Crippen LogP contribution in [0.15, 0.2) is 42.0 Å². The van der Waals surface area contributed by atoms with E-state index in [0.717, 1.165) is 49.0 Å². The number of rotatable bonds is 8. The van der Waals surface area contributed by atoms with Gasteiger partial charge in [-0.05, 0) is 97.9 Å². The highest BCUT2D eigenvalue weighted by atomic mass is 16.6. The third-order valence-electron chi connectivity index (χ3n) is 13.5. The summed E-state index contributed by atoms with van der Waals surface area (Å²) >= 11 is 0. The fraction of sp³-hybridized carbons (Fsp3) is 0.581. The molecule has 2 aromatic carbocycles. The molecule has 3 heterocycles. The SMILES string of the molecule is CC1=CCC2CC1C2(C)C.COC(=O)[C@H]1[C@H]2C[C@@H]3c4[nH]c5cc(OC)ccc5c4CCN3C[C@H]2C[C@@H](OC(=O)c2cc(OC)c(OC)c(OC)c2)[C@@H]1OC. The molecule has 3 aromatic rings. The lowest BCUT2D eigenvalue weighted by atomic mass is 9.49. The molecule has 0 amide bonds. The number of nitrogens with one attached hydrogen (secondary N) is 1. The number of ether oxygens (including phenoxy) is 7. The number of piperidine rings is 1. The van der Waals surface area contributed by atoms with Gasteiger partial charge in [-0.2, -0.15) is 0 Å². The van der Waals surface area contributed by atoms with Crippen molar-refractivity contribution in [3.05, 3.63) is 58.8 Å². The molecule has 0 radical (unpaired) electrons. The van der Waals surface area contributed by atoms with Gasteiger partial charge in [0.25, 0.3) is 0 Å². The van der Waals surface area contributed by atoms with Crippen LogP contribution in [0, 0.1) is 35.0 Å². The molecule has 6 aliphatic rings. The number of fused-ring (bicyclic) bond motifs is 7. The summed E-state index contributed by atoms with van der Waals surface area (Å²) in [5.74, 6) is 2.36. The van der Waals surface area contributed by atoms with Crippen LogP contribution in [0.4, 0.5) is 0 Å². The molecule has 1 aromatic heterocycles. The van der Waals surface area contributed by atoms with Crippen LogP contribution < -0.4 is 18.9 Å². The summed E-state index contributed by atoms with van der Waals surface area (Å²) in [6.07, 6.45) is 6.16. The van der Waals surface area contributed by atoms with Crippen LogP contribution >= 0.6 is 0 Å². The second kappa shape index (κ2) is 15.1. The van der Waals surface area contributed by atoms with Crippen LogP contribution in [-0.2, 0) is 25.4 Å². The van der Waals surface area contributed by atoms with Gasteiger partial charge in [0, 0.05) is 42.9 Å². The molecule has 11 heteroatoms. The highest BCUT2D eigenvalue weighted by Gasteiger charge is 2.55. The average Bonchev–Trinajstić information content (AvgIpc) is 3.57. The normalized spacial score (nSPS) is 29.1. The van der Waals surface area contributed by atoms with E-state index in [1.54, 1.807) is 31.9 Å². The average molecular weight is 745 g/mol. The van der Waals surface area contributed by atoms with Crippen molar-refractivity contribution in [1.82, 2.24) is 9.88 Å². The van der Waals surface area contributed by atoms with E-state index < -0.39 is 24.1 Å². The van der Waals surface area contributed by atoms with Crippen LogP contribution in [0.2, 0.25) is 0 Å². The highest BCUT2D eigenvalue weighted by Crippen LogP contribution is 2.59. The Hall–Kier alpha value is -4.22. The maximum atomic E-state index is 13.5. The highest BCUT2D eigenvalue weighted by molar-refractivity contribution is 5.91. The molecule has 2 unspecified atom stereocenters. The number of methoxy groups -OCH3 is 6. The molecule has 9 rings (SSSR count). The molecule has 2 saturated carbocycles. The van der Waals surface area contributed by atoms with E-state index in [1.165, 1.54) is 57.9 Å². The summed E-state index contributed by atoms with van der Waals surface area (Å²) in [6.45, 7) is 8.81. The maximum absolute atomic E-state index is 13.5. The first kappa shape index (κ1) is 38.1. The molecule has 4 aliphatic carbocycles. The Morgan fingerprint density at radius 1 is 0.907 bits per heavy atom. The Labute approximate surface area is 318 Å². The molecule has 54 heavy (non-hydrogen) atoms. The van der Waals surface area contributed by atoms with E-state index in [4.69, 9.17) is 33.2 Å². The number of hydrogen-bond donors (Lipinski definition) is 1. The van der Waals surface area contributed by atoms with Crippen molar-refractivity contribution in [3.63, 3.8) is 0 Å². The van der Waals surface area contributed by atoms with E-state index in [2.05, 4.69) is 42.8 Å². The van der Waals surface area contributed by atoms with Gasteiger partial charge in [0.15, 0.2) is 11.5 Å². The smallest absolute Gasteiger partial charge is 0.338 e. The summed E-state index contributed by atoms with van der Waals surface area (Å²) in [5, 5.41) is 1.21. The fourth-order valence-corrected chi connectivity index (χ4v) is 10.4. The van der Waals surface area contributed by atoms with Crippen molar-refractivity contribution in [1.29, 1.82) is 0 Å². The van der Waals surface area contributed by atoms with Gasteiger partial charge in [-0.1, -0.05) is 25.5 Å². The van der Waals surface area contributed by atoms with Gasteiger partial charge in [-0.15, -0.1) is 0 Å². The molecule has 2 bridgehead atoms. The van der Waals surface area contributed by atoms with Crippen LogP contribution in [0.5, 0.6) is 23.0 Å². The molecule has 11 nitrogen and oxygen atoms in total. The third kappa shape index (κ3) is 6.51. The van der Waals surface area contributed by atoms with Gasteiger partial charge in [0.05, 0.1) is 53.1 Å². The van der Waals surface area contributed by atoms with Gasteiger partial charge in [0.2, 0.25) is 5.75 Å². The maximum Gasteiger partial charge on any atom is 0.338 e. The van der Waals surface area contributed by atoms with Crippen LogP contribution in [0.25, 0.3) is 10.9 Å². The molecule has 1 saturated heterocycles. The third-order valence-corrected chi connectivity index (χ3v) is 13.5. The molecular weight excluding hydrogens is 688 g/mol. The van der Waals surface area contributed by atoms with Gasteiger partial charge in [-0.25, -0.2) is 4.79 Å². The van der Waals surface area contributed by atoms with Crippen molar-refractivity contribution in [2.24, 2.45) is 35.0 Å². The molecular formula is C43H56N2O9.